The number of benzene rings is 2. The fourth-order valence-electron chi connectivity index (χ4n) is 1.66. The Morgan fingerprint density at radius 2 is 1.76 bits per heavy atom. The zero-order chi connectivity index (χ0) is 15.2. The average Bonchev–Trinajstić information content (AvgIpc) is 2.45. The molecule has 0 atom stereocenters. The number of hydrogen-bond donors (Lipinski definition) is 1. The van der Waals surface area contributed by atoms with Crippen LogP contribution in [0, 0.1) is 5.82 Å². The predicted octanol–water partition coefficient (Wildman–Crippen LogP) is 3.74. The second-order valence-electron chi connectivity index (χ2n) is 4.07. The monoisotopic (exact) mass is 354 g/mol. The van der Waals surface area contributed by atoms with Crippen molar-refractivity contribution >= 4 is 21.9 Å². The second-order valence-corrected chi connectivity index (χ2v) is 4.93. The van der Waals surface area contributed by atoms with Gasteiger partial charge in [-0.15, -0.1) is 0 Å². The quantitative estimate of drug-likeness (QED) is 0.802. The maximum atomic E-state index is 12.9. The van der Waals surface area contributed by atoms with Gasteiger partial charge in [0.15, 0.2) is 0 Å². The summed E-state index contributed by atoms with van der Waals surface area (Å²) in [7, 11) is 0. The van der Waals surface area contributed by atoms with Crippen LogP contribution in [0.1, 0.15) is 10.4 Å². The molecule has 0 amide bonds. The zero-order valence-corrected chi connectivity index (χ0v) is 12.5. The van der Waals surface area contributed by atoms with Crippen LogP contribution in [0.3, 0.4) is 0 Å². The van der Waals surface area contributed by atoms with E-state index in [2.05, 4.69) is 15.9 Å². The number of halogens is 2. The van der Waals surface area contributed by atoms with Crippen LogP contribution in [0.2, 0.25) is 0 Å². The molecule has 0 saturated carbocycles. The van der Waals surface area contributed by atoms with Crippen LogP contribution in [0.5, 0.6) is 11.5 Å². The maximum absolute atomic E-state index is 12.9. The molecule has 0 saturated heterocycles. The van der Waals surface area contributed by atoms with E-state index in [1.165, 1.54) is 24.3 Å². The van der Waals surface area contributed by atoms with Gasteiger partial charge in [0.1, 0.15) is 36.1 Å². The Kier molecular flexibility index (Phi) is 5.16. The molecule has 0 aliphatic heterocycles. The fraction of sp³-hybridized carbons (Fsp3) is 0.133. The molecule has 0 aliphatic carbocycles. The topological polar surface area (TPSA) is 55.8 Å². The fourth-order valence-corrected chi connectivity index (χ4v) is 2.13. The van der Waals surface area contributed by atoms with Gasteiger partial charge in [-0.05, 0) is 46.3 Å². The first-order valence-electron chi connectivity index (χ1n) is 6.11. The minimum absolute atomic E-state index is 0.0977. The van der Waals surface area contributed by atoms with E-state index in [4.69, 9.17) is 14.6 Å². The predicted molar refractivity (Wildman–Crippen MR) is 78.5 cm³/mol. The first-order valence-corrected chi connectivity index (χ1v) is 6.90. The summed E-state index contributed by atoms with van der Waals surface area (Å²) in [4.78, 5) is 11.0. The van der Waals surface area contributed by atoms with Crippen LogP contribution in [0.25, 0.3) is 0 Å². The van der Waals surface area contributed by atoms with E-state index < -0.39 is 5.97 Å². The third kappa shape index (κ3) is 4.19. The van der Waals surface area contributed by atoms with Crippen molar-refractivity contribution in [2.24, 2.45) is 0 Å². The summed E-state index contributed by atoms with van der Waals surface area (Å²) in [6, 6.07) is 10.5. The Morgan fingerprint density at radius 3 is 2.43 bits per heavy atom. The molecule has 1 N–H and O–H groups in total. The van der Waals surface area contributed by atoms with Crippen molar-refractivity contribution in [2.45, 2.75) is 0 Å². The van der Waals surface area contributed by atoms with Crippen molar-refractivity contribution in [2.75, 3.05) is 13.2 Å². The summed E-state index contributed by atoms with van der Waals surface area (Å²) < 4.78 is 24.2. The van der Waals surface area contributed by atoms with Crippen LogP contribution in [0.15, 0.2) is 46.9 Å². The summed E-state index contributed by atoms with van der Waals surface area (Å²) in [6.45, 7) is 0.381. The van der Waals surface area contributed by atoms with E-state index in [9.17, 15) is 9.18 Å². The molecule has 4 nitrogen and oxygen atoms in total. The van der Waals surface area contributed by atoms with Crippen molar-refractivity contribution in [3.8, 4) is 11.5 Å². The van der Waals surface area contributed by atoms with Crippen LogP contribution in [0.4, 0.5) is 4.39 Å². The number of aromatic carboxylic acids is 1. The average molecular weight is 355 g/mol. The molecule has 0 aromatic heterocycles. The standard InChI is InChI=1S/C15H12BrFO4/c16-12-9-10(17)5-6-14(12)21-8-7-20-13-4-2-1-3-11(13)15(18)19/h1-6,9H,7-8H2,(H,18,19). The first kappa shape index (κ1) is 15.3. The summed E-state index contributed by atoms with van der Waals surface area (Å²) in [5.41, 5.74) is 0.0977. The highest BCUT2D eigenvalue weighted by Gasteiger charge is 2.10. The Balaban J connectivity index is 1.89. The van der Waals surface area contributed by atoms with Crippen LogP contribution in [-0.2, 0) is 0 Å². The highest BCUT2D eigenvalue weighted by atomic mass is 79.9. The zero-order valence-electron chi connectivity index (χ0n) is 10.9. The van der Waals surface area contributed by atoms with E-state index in [0.717, 1.165) is 0 Å². The molecule has 0 spiro atoms. The normalized spacial score (nSPS) is 10.2. The van der Waals surface area contributed by atoms with Gasteiger partial charge in [-0.2, -0.15) is 0 Å². The molecule has 2 rings (SSSR count). The van der Waals surface area contributed by atoms with Gasteiger partial charge in [-0.25, -0.2) is 9.18 Å². The highest BCUT2D eigenvalue weighted by Crippen LogP contribution is 2.25. The largest absolute Gasteiger partial charge is 0.489 e. The minimum Gasteiger partial charge on any atom is -0.489 e. The van der Waals surface area contributed by atoms with Gasteiger partial charge in [-0.3, -0.25) is 0 Å². The van der Waals surface area contributed by atoms with Gasteiger partial charge >= 0.3 is 5.97 Å². The highest BCUT2D eigenvalue weighted by molar-refractivity contribution is 9.10. The van der Waals surface area contributed by atoms with E-state index in [1.54, 1.807) is 18.2 Å². The number of carboxylic acid groups (broad SMARTS) is 1. The lowest BCUT2D eigenvalue weighted by molar-refractivity contribution is 0.0691. The molecule has 0 heterocycles. The first-order chi connectivity index (χ1) is 10.1. The SMILES string of the molecule is O=C(O)c1ccccc1OCCOc1ccc(F)cc1Br. The molecule has 0 unspecified atom stereocenters. The van der Waals surface area contributed by atoms with Crippen molar-refractivity contribution < 1.29 is 23.8 Å². The van der Waals surface area contributed by atoms with Gasteiger partial charge in [0, 0.05) is 0 Å². The van der Waals surface area contributed by atoms with E-state index in [1.807, 2.05) is 0 Å². The summed E-state index contributed by atoms with van der Waals surface area (Å²) in [5.74, 6) is -0.632. The van der Waals surface area contributed by atoms with Gasteiger partial charge in [-0.1, -0.05) is 12.1 Å². The molecule has 2 aromatic carbocycles. The Bertz CT molecular complexity index is 645. The van der Waals surface area contributed by atoms with E-state index in [0.29, 0.717) is 10.2 Å². The molecule has 2 aromatic rings. The summed E-state index contributed by atoms with van der Waals surface area (Å²) in [6.07, 6.45) is 0. The van der Waals surface area contributed by atoms with E-state index >= 15 is 0 Å². The smallest absolute Gasteiger partial charge is 0.339 e. The molecule has 21 heavy (non-hydrogen) atoms. The van der Waals surface area contributed by atoms with Crippen LogP contribution >= 0.6 is 15.9 Å². The number of rotatable bonds is 6. The van der Waals surface area contributed by atoms with Crippen LogP contribution < -0.4 is 9.47 Å². The lowest BCUT2D eigenvalue weighted by Crippen LogP contribution is -2.11. The number of ether oxygens (including phenoxy) is 2. The minimum atomic E-state index is -1.05. The van der Waals surface area contributed by atoms with Gasteiger partial charge in [0.2, 0.25) is 0 Å². The number of hydrogen-bond acceptors (Lipinski definition) is 3. The lowest BCUT2D eigenvalue weighted by Gasteiger charge is -2.11. The van der Waals surface area contributed by atoms with Gasteiger partial charge in [0.25, 0.3) is 0 Å². The molecule has 0 aliphatic rings. The Hall–Kier alpha value is -2.08. The summed E-state index contributed by atoms with van der Waals surface area (Å²) >= 11 is 3.19. The van der Waals surface area contributed by atoms with Crippen molar-refractivity contribution in [1.29, 1.82) is 0 Å². The molecule has 0 radical (unpaired) electrons. The molecule has 0 fully saturated rings. The second kappa shape index (κ2) is 7.08. The number of carboxylic acids is 1. The van der Waals surface area contributed by atoms with E-state index in [-0.39, 0.29) is 30.3 Å². The summed E-state index contributed by atoms with van der Waals surface area (Å²) in [5, 5.41) is 9.01. The molecule has 6 heteroatoms. The third-order valence-electron chi connectivity index (χ3n) is 2.61. The van der Waals surface area contributed by atoms with Crippen molar-refractivity contribution in [3.05, 3.63) is 58.3 Å². The molecular formula is C15H12BrFO4. The number of para-hydroxylation sites is 1. The lowest BCUT2D eigenvalue weighted by atomic mass is 10.2. The van der Waals surface area contributed by atoms with Crippen molar-refractivity contribution in [1.82, 2.24) is 0 Å². The van der Waals surface area contributed by atoms with Crippen LogP contribution in [-0.4, -0.2) is 24.3 Å². The van der Waals surface area contributed by atoms with Gasteiger partial charge < -0.3 is 14.6 Å². The molecule has 110 valence electrons. The van der Waals surface area contributed by atoms with Gasteiger partial charge in [0.05, 0.1) is 4.47 Å². The number of carbonyl (C=O) groups is 1. The van der Waals surface area contributed by atoms with Crippen molar-refractivity contribution in [3.63, 3.8) is 0 Å². The molecular weight excluding hydrogens is 343 g/mol. The molecule has 0 bridgehead atoms. The maximum Gasteiger partial charge on any atom is 0.339 e. The third-order valence-corrected chi connectivity index (χ3v) is 3.23. The Labute approximate surface area is 129 Å². The Morgan fingerprint density at radius 1 is 1.10 bits per heavy atom.